The molecule has 6 heteroatoms. The number of morpholine rings is 1. The molecule has 1 unspecified atom stereocenters. The molecule has 0 aromatic heterocycles. The van der Waals surface area contributed by atoms with Crippen molar-refractivity contribution in [3.05, 3.63) is 65.7 Å². The predicted molar refractivity (Wildman–Crippen MR) is 89.8 cm³/mol. The molecule has 0 amide bonds. The Labute approximate surface area is 142 Å². The molecule has 0 bridgehead atoms. The largest absolute Gasteiger partial charge is 0.378 e. The fraction of sp³-hybridized carbons (Fsp3) is 0.278. The molecule has 0 radical (unpaired) electrons. The van der Waals surface area contributed by atoms with E-state index in [1.807, 2.05) is 36.4 Å². The van der Waals surface area contributed by atoms with Gasteiger partial charge >= 0.3 is 0 Å². The molecule has 1 aliphatic heterocycles. The highest BCUT2D eigenvalue weighted by Crippen LogP contribution is 2.25. The Morgan fingerprint density at radius 3 is 2.58 bits per heavy atom. The molecule has 124 valence electrons. The lowest BCUT2D eigenvalue weighted by Gasteiger charge is -2.34. The monoisotopic (exact) mass is 342 g/mol. The Morgan fingerprint density at radius 2 is 1.83 bits per heavy atom. The van der Waals surface area contributed by atoms with Crippen molar-refractivity contribution in [1.82, 2.24) is 4.31 Å². The summed E-state index contributed by atoms with van der Waals surface area (Å²) >= 11 is 0. The Hall–Kier alpha value is -2.20. The molecule has 0 N–H and O–H groups in total. The van der Waals surface area contributed by atoms with Crippen LogP contribution in [0.15, 0.2) is 59.5 Å². The normalized spacial score (nSPS) is 18.9. The van der Waals surface area contributed by atoms with Crippen LogP contribution in [-0.4, -0.2) is 38.5 Å². The van der Waals surface area contributed by atoms with Crippen LogP contribution in [0.5, 0.6) is 0 Å². The molecule has 1 atom stereocenters. The zero-order valence-corrected chi connectivity index (χ0v) is 13.9. The van der Waals surface area contributed by atoms with Gasteiger partial charge in [-0.1, -0.05) is 42.5 Å². The molecule has 1 saturated heterocycles. The smallest absolute Gasteiger partial charge is 0.244 e. The first-order valence-corrected chi connectivity index (χ1v) is 9.19. The average molecular weight is 342 g/mol. The number of nitriles is 1. The van der Waals surface area contributed by atoms with Crippen molar-refractivity contribution in [1.29, 1.82) is 5.26 Å². The lowest BCUT2D eigenvalue weighted by atomic mass is 10.1. The van der Waals surface area contributed by atoms with Gasteiger partial charge in [-0.3, -0.25) is 0 Å². The number of hydrogen-bond donors (Lipinski definition) is 0. The molecule has 0 saturated carbocycles. The maximum absolute atomic E-state index is 13.1. The van der Waals surface area contributed by atoms with Crippen LogP contribution in [0.2, 0.25) is 0 Å². The molecule has 2 aromatic carbocycles. The molecular formula is C18H18N2O3S. The van der Waals surface area contributed by atoms with Gasteiger partial charge in [0.15, 0.2) is 0 Å². The van der Waals surface area contributed by atoms with Crippen LogP contribution in [0, 0.1) is 11.3 Å². The van der Waals surface area contributed by atoms with E-state index in [-0.39, 0.29) is 16.5 Å². The van der Waals surface area contributed by atoms with E-state index < -0.39 is 10.0 Å². The fourth-order valence-corrected chi connectivity index (χ4v) is 4.65. The van der Waals surface area contributed by atoms with Gasteiger partial charge in [0.05, 0.1) is 29.7 Å². The molecule has 1 heterocycles. The maximum atomic E-state index is 13.1. The molecule has 1 aliphatic rings. The van der Waals surface area contributed by atoms with Gasteiger partial charge < -0.3 is 4.74 Å². The molecule has 1 fully saturated rings. The molecule has 2 aromatic rings. The first kappa shape index (κ1) is 16.7. The highest BCUT2D eigenvalue weighted by Gasteiger charge is 2.35. The van der Waals surface area contributed by atoms with Gasteiger partial charge in [-0.25, -0.2) is 8.42 Å². The number of hydrogen-bond acceptors (Lipinski definition) is 4. The van der Waals surface area contributed by atoms with E-state index in [9.17, 15) is 13.7 Å². The third kappa shape index (κ3) is 3.34. The van der Waals surface area contributed by atoms with Gasteiger partial charge in [-0.15, -0.1) is 0 Å². The van der Waals surface area contributed by atoms with Gasteiger partial charge in [0.2, 0.25) is 10.0 Å². The van der Waals surface area contributed by atoms with E-state index in [4.69, 9.17) is 4.74 Å². The first-order chi connectivity index (χ1) is 11.6. The minimum absolute atomic E-state index is 0.0625. The number of benzene rings is 2. The third-order valence-electron chi connectivity index (χ3n) is 4.08. The summed E-state index contributed by atoms with van der Waals surface area (Å²) in [6.45, 7) is 1.00. The van der Waals surface area contributed by atoms with Crippen molar-refractivity contribution in [3.63, 3.8) is 0 Å². The van der Waals surface area contributed by atoms with Crippen LogP contribution in [-0.2, 0) is 21.2 Å². The van der Waals surface area contributed by atoms with E-state index in [0.29, 0.717) is 26.2 Å². The lowest BCUT2D eigenvalue weighted by molar-refractivity contribution is 0.0328. The summed E-state index contributed by atoms with van der Waals surface area (Å²) in [4.78, 5) is 0.0625. The Balaban J connectivity index is 1.94. The second-order valence-electron chi connectivity index (χ2n) is 5.64. The number of nitrogens with zero attached hydrogens (tertiary/aromatic N) is 2. The zero-order chi connectivity index (χ0) is 17.0. The lowest BCUT2D eigenvalue weighted by Crippen LogP contribution is -2.49. The van der Waals surface area contributed by atoms with E-state index in [2.05, 4.69) is 0 Å². The van der Waals surface area contributed by atoms with Gasteiger partial charge in [-0.05, 0) is 24.1 Å². The van der Waals surface area contributed by atoms with Gasteiger partial charge in [0.1, 0.15) is 6.07 Å². The maximum Gasteiger partial charge on any atom is 0.244 e. The summed E-state index contributed by atoms with van der Waals surface area (Å²) in [6.07, 6.45) is 0.578. The molecule has 0 aliphatic carbocycles. The standard InChI is InChI=1S/C18H18N2O3S/c19-13-16-8-4-5-9-18(16)24(21,22)20-10-11-23-14-17(20)12-15-6-2-1-3-7-15/h1-9,17H,10-12,14H2. The Kier molecular flexibility index (Phi) is 4.95. The highest BCUT2D eigenvalue weighted by molar-refractivity contribution is 7.89. The van der Waals surface area contributed by atoms with E-state index in [1.54, 1.807) is 12.1 Å². The number of sulfonamides is 1. The Morgan fingerprint density at radius 1 is 1.12 bits per heavy atom. The van der Waals surface area contributed by atoms with Gasteiger partial charge in [-0.2, -0.15) is 9.57 Å². The van der Waals surface area contributed by atoms with Crippen molar-refractivity contribution in [2.45, 2.75) is 17.4 Å². The van der Waals surface area contributed by atoms with Crippen LogP contribution in [0.1, 0.15) is 11.1 Å². The van der Waals surface area contributed by atoms with Crippen molar-refractivity contribution in [2.24, 2.45) is 0 Å². The van der Waals surface area contributed by atoms with Crippen LogP contribution >= 0.6 is 0 Å². The fourth-order valence-electron chi connectivity index (χ4n) is 2.91. The highest BCUT2D eigenvalue weighted by atomic mass is 32.2. The van der Waals surface area contributed by atoms with Crippen molar-refractivity contribution < 1.29 is 13.2 Å². The van der Waals surface area contributed by atoms with E-state index in [0.717, 1.165) is 5.56 Å². The second-order valence-corrected chi connectivity index (χ2v) is 7.50. The summed E-state index contributed by atoms with van der Waals surface area (Å²) in [5, 5.41) is 9.22. The van der Waals surface area contributed by atoms with Crippen LogP contribution in [0.25, 0.3) is 0 Å². The summed E-state index contributed by atoms with van der Waals surface area (Å²) in [6, 6.07) is 17.8. The third-order valence-corrected chi connectivity index (χ3v) is 6.09. The van der Waals surface area contributed by atoms with E-state index >= 15 is 0 Å². The van der Waals surface area contributed by atoms with Crippen LogP contribution in [0.3, 0.4) is 0 Å². The molecular weight excluding hydrogens is 324 g/mol. The first-order valence-electron chi connectivity index (χ1n) is 7.75. The minimum Gasteiger partial charge on any atom is -0.378 e. The van der Waals surface area contributed by atoms with Gasteiger partial charge in [0, 0.05) is 6.54 Å². The van der Waals surface area contributed by atoms with Crippen LogP contribution in [0.4, 0.5) is 0 Å². The van der Waals surface area contributed by atoms with Crippen molar-refractivity contribution >= 4 is 10.0 Å². The topological polar surface area (TPSA) is 70.4 Å². The molecule has 3 rings (SSSR count). The summed E-state index contributed by atoms with van der Waals surface area (Å²) in [5.74, 6) is 0. The van der Waals surface area contributed by atoms with Crippen molar-refractivity contribution in [2.75, 3.05) is 19.8 Å². The molecule has 24 heavy (non-hydrogen) atoms. The second kappa shape index (κ2) is 7.14. The average Bonchev–Trinajstić information content (AvgIpc) is 2.63. The summed E-state index contributed by atoms with van der Waals surface area (Å²) < 4.78 is 33.1. The minimum atomic E-state index is -3.74. The van der Waals surface area contributed by atoms with Gasteiger partial charge in [0.25, 0.3) is 0 Å². The summed E-state index contributed by atoms with van der Waals surface area (Å²) in [7, 11) is -3.74. The Bertz CT molecular complexity index is 844. The molecule has 0 spiro atoms. The number of rotatable bonds is 4. The van der Waals surface area contributed by atoms with Crippen LogP contribution < -0.4 is 0 Å². The van der Waals surface area contributed by atoms with E-state index in [1.165, 1.54) is 16.4 Å². The quantitative estimate of drug-likeness (QED) is 0.854. The predicted octanol–water partition coefficient (Wildman–Crippen LogP) is 2.19. The zero-order valence-electron chi connectivity index (χ0n) is 13.1. The summed E-state index contributed by atoms with van der Waals surface area (Å²) in [5.41, 5.74) is 1.23. The number of ether oxygens (including phenoxy) is 1. The SMILES string of the molecule is N#Cc1ccccc1S(=O)(=O)N1CCOCC1Cc1ccccc1. The van der Waals surface area contributed by atoms with Crippen molar-refractivity contribution in [3.8, 4) is 6.07 Å². The molecule has 5 nitrogen and oxygen atoms in total.